The van der Waals surface area contributed by atoms with E-state index in [1.165, 1.54) is 30.6 Å². The van der Waals surface area contributed by atoms with Gasteiger partial charge in [0.1, 0.15) is 5.82 Å². The van der Waals surface area contributed by atoms with Gasteiger partial charge in [-0.25, -0.2) is 4.98 Å². The van der Waals surface area contributed by atoms with E-state index in [9.17, 15) is 0 Å². The van der Waals surface area contributed by atoms with Crippen molar-refractivity contribution in [2.75, 3.05) is 6.54 Å². The molecule has 0 amide bonds. The normalized spacial score (nSPS) is 16.1. The Kier molecular flexibility index (Phi) is 3.33. The molecular weight excluding hydrogens is 222 g/mol. The van der Waals surface area contributed by atoms with E-state index >= 15 is 0 Å². The molecule has 1 aromatic heterocycles. The zero-order valence-electron chi connectivity index (χ0n) is 10.8. The first-order valence-electron chi connectivity index (χ1n) is 7.05. The lowest BCUT2D eigenvalue weighted by Gasteiger charge is -2.25. The molecule has 18 heavy (non-hydrogen) atoms. The highest BCUT2D eigenvalue weighted by molar-refractivity contribution is 5.76. The maximum absolute atomic E-state index is 5.59. The molecule has 1 fully saturated rings. The molecule has 0 radical (unpaired) electrons. The van der Waals surface area contributed by atoms with Gasteiger partial charge in [-0.3, -0.25) is 0 Å². The molecule has 2 aromatic rings. The number of nitrogens with zero attached hydrogens (tertiary/aromatic N) is 2. The Bertz CT molecular complexity index is 526. The first kappa shape index (κ1) is 11.7. The minimum atomic E-state index is 0.690. The van der Waals surface area contributed by atoms with Gasteiger partial charge in [0.15, 0.2) is 0 Å². The van der Waals surface area contributed by atoms with E-state index in [1.54, 1.807) is 0 Å². The van der Waals surface area contributed by atoms with Crippen molar-refractivity contribution in [1.29, 1.82) is 0 Å². The number of unbranched alkanes of at least 4 members (excludes halogenated alkanes) is 1. The summed E-state index contributed by atoms with van der Waals surface area (Å²) in [6.07, 6.45) is 6.21. The molecule has 2 N–H and O–H groups in total. The number of aryl methyl sites for hydroxylation is 1. The number of hydrogen-bond acceptors (Lipinski definition) is 2. The van der Waals surface area contributed by atoms with Gasteiger partial charge in [-0.05, 0) is 44.4 Å². The second-order valence-corrected chi connectivity index (χ2v) is 5.23. The van der Waals surface area contributed by atoms with Gasteiger partial charge in [-0.1, -0.05) is 18.6 Å². The third kappa shape index (κ3) is 2.03. The predicted octanol–water partition coefficient (Wildman–Crippen LogP) is 3.04. The number of rotatable bonds is 5. The summed E-state index contributed by atoms with van der Waals surface area (Å²) in [6, 6.07) is 8.49. The summed E-state index contributed by atoms with van der Waals surface area (Å²) >= 11 is 0. The Morgan fingerprint density at radius 3 is 2.78 bits per heavy atom. The zero-order chi connectivity index (χ0) is 12.4. The molecule has 3 nitrogen and oxygen atoms in total. The van der Waals surface area contributed by atoms with Gasteiger partial charge in [0.25, 0.3) is 0 Å². The highest BCUT2D eigenvalue weighted by atomic mass is 15.1. The smallest absolute Gasteiger partial charge is 0.112 e. The monoisotopic (exact) mass is 243 g/mol. The molecule has 0 atom stereocenters. The van der Waals surface area contributed by atoms with Gasteiger partial charge in [0.05, 0.1) is 11.0 Å². The van der Waals surface area contributed by atoms with Crippen molar-refractivity contribution in [2.24, 2.45) is 5.73 Å². The van der Waals surface area contributed by atoms with Crippen LogP contribution in [0.4, 0.5) is 0 Å². The molecular formula is C15H21N3. The van der Waals surface area contributed by atoms with Crippen LogP contribution in [0.1, 0.15) is 43.8 Å². The summed E-state index contributed by atoms with van der Waals surface area (Å²) in [5.74, 6) is 2.00. The average molecular weight is 243 g/mol. The summed E-state index contributed by atoms with van der Waals surface area (Å²) in [5, 5.41) is 0. The molecule has 0 aliphatic heterocycles. The number of imidazole rings is 1. The van der Waals surface area contributed by atoms with Crippen molar-refractivity contribution in [1.82, 2.24) is 9.55 Å². The SMILES string of the molecule is NCCCCn1c(C2CCC2)nc2ccccc21. The summed E-state index contributed by atoms with van der Waals surface area (Å²) < 4.78 is 2.43. The largest absolute Gasteiger partial charge is 0.330 e. The number of hydrogen-bond donors (Lipinski definition) is 1. The predicted molar refractivity (Wildman–Crippen MR) is 74.6 cm³/mol. The molecule has 1 aliphatic rings. The molecule has 1 heterocycles. The average Bonchev–Trinajstić information content (AvgIpc) is 2.66. The van der Waals surface area contributed by atoms with Gasteiger partial charge < -0.3 is 10.3 Å². The fourth-order valence-electron chi connectivity index (χ4n) is 2.72. The topological polar surface area (TPSA) is 43.8 Å². The summed E-state index contributed by atoms with van der Waals surface area (Å²) in [6.45, 7) is 1.84. The number of para-hydroxylation sites is 2. The first-order chi connectivity index (χ1) is 8.90. The molecule has 0 unspecified atom stereocenters. The van der Waals surface area contributed by atoms with Crippen LogP contribution in [0.25, 0.3) is 11.0 Å². The van der Waals surface area contributed by atoms with Gasteiger partial charge >= 0.3 is 0 Å². The van der Waals surface area contributed by atoms with E-state index in [1.807, 2.05) is 0 Å². The fraction of sp³-hybridized carbons (Fsp3) is 0.533. The molecule has 0 spiro atoms. The van der Waals surface area contributed by atoms with E-state index < -0.39 is 0 Å². The maximum atomic E-state index is 5.59. The molecule has 0 saturated heterocycles. The molecule has 1 aliphatic carbocycles. The van der Waals surface area contributed by atoms with Crippen molar-refractivity contribution in [3.63, 3.8) is 0 Å². The van der Waals surface area contributed by atoms with E-state index in [2.05, 4.69) is 28.8 Å². The molecule has 3 heteroatoms. The van der Waals surface area contributed by atoms with Crippen LogP contribution in [0.2, 0.25) is 0 Å². The summed E-state index contributed by atoms with van der Waals surface area (Å²) in [5.41, 5.74) is 8.02. The Morgan fingerprint density at radius 1 is 1.22 bits per heavy atom. The van der Waals surface area contributed by atoms with Gasteiger partial charge in [-0.2, -0.15) is 0 Å². The number of benzene rings is 1. The van der Waals surface area contributed by atoms with E-state index in [-0.39, 0.29) is 0 Å². The van der Waals surface area contributed by atoms with Crippen LogP contribution >= 0.6 is 0 Å². The van der Waals surface area contributed by atoms with Crippen LogP contribution in [0.5, 0.6) is 0 Å². The lowest BCUT2D eigenvalue weighted by Crippen LogP contribution is -2.16. The highest BCUT2D eigenvalue weighted by Gasteiger charge is 2.25. The third-order valence-corrected chi connectivity index (χ3v) is 3.99. The van der Waals surface area contributed by atoms with E-state index in [4.69, 9.17) is 10.7 Å². The van der Waals surface area contributed by atoms with Gasteiger partial charge in [-0.15, -0.1) is 0 Å². The molecule has 1 aromatic carbocycles. The molecule has 96 valence electrons. The van der Waals surface area contributed by atoms with E-state index in [0.29, 0.717) is 5.92 Å². The Balaban J connectivity index is 1.95. The van der Waals surface area contributed by atoms with E-state index in [0.717, 1.165) is 31.4 Å². The first-order valence-corrected chi connectivity index (χ1v) is 7.05. The van der Waals surface area contributed by atoms with Crippen molar-refractivity contribution >= 4 is 11.0 Å². The van der Waals surface area contributed by atoms with Crippen LogP contribution in [-0.2, 0) is 6.54 Å². The van der Waals surface area contributed by atoms with Crippen molar-refractivity contribution in [2.45, 2.75) is 44.6 Å². The number of fused-ring (bicyclic) bond motifs is 1. The van der Waals surface area contributed by atoms with Crippen molar-refractivity contribution in [3.8, 4) is 0 Å². The van der Waals surface area contributed by atoms with Crippen LogP contribution in [0.15, 0.2) is 24.3 Å². The minimum Gasteiger partial charge on any atom is -0.330 e. The Morgan fingerprint density at radius 2 is 2.06 bits per heavy atom. The standard InChI is InChI=1S/C15H21N3/c16-10-3-4-11-18-14-9-2-1-8-13(14)17-15(18)12-6-5-7-12/h1-2,8-9,12H,3-7,10-11,16H2. The fourth-order valence-corrected chi connectivity index (χ4v) is 2.72. The molecule has 0 bridgehead atoms. The van der Waals surface area contributed by atoms with Crippen molar-refractivity contribution < 1.29 is 0 Å². The second-order valence-electron chi connectivity index (χ2n) is 5.23. The molecule has 3 rings (SSSR count). The van der Waals surface area contributed by atoms with Gasteiger partial charge in [0.2, 0.25) is 0 Å². The maximum Gasteiger partial charge on any atom is 0.112 e. The van der Waals surface area contributed by atoms with Crippen LogP contribution in [0, 0.1) is 0 Å². The number of nitrogens with two attached hydrogens (primary N) is 1. The summed E-state index contributed by atoms with van der Waals surface area (Å²) in [7, 11) is 0. The third-order valence-electron chi connectivity index (χ3n) is 3.99. The number of aromatic nitrogens is 2. The van der Waals surface area contributed by atoms with Crippen LogP contribution in [-0.4, -0.2) is 16.1 Å². The minimum absolute atomic E-state index is 0.690. The quantitative estimate of drug-likeness (QED) is 0.820. The van der Waals surface area contributed by atoms with Gasteiger partial charge in [0, 0.05) is 12.5 Å². The Hall–Kier alpha value is -1.35. The Labute approximate surface area is 108 Å². The zero-order valence-corrected chi connectivity index (χ0v) is 10.8. The lowest BCUT2D eigenvalue weighted by atomic mass is 9.85. The highest BCUT2D eigenvalue weighted by Crippen LogP contribution is 2.37. The van der Waals surface area contributed by atoms with Crippen LogP contribution < -0.4 is 5.73 Å². The summed E-state index contributed by atoms with van der Waals surface area (Å²) in [4.78, 5) is 4.85. The molecule has 1 saturated carbocycles. The second kappa shape index (κ2) is 5.11. The lowest BCUT2D eigenvalue weighted by molar-refractivity contribution is 0.386. The van der Waals surface area contributed by atoms with Crippen LogP contribution in [0.3, 0.4) is 0 Å². The van der Waals surface area contributed by atoms with Crippen molar-refractivity contribution in [3.05, 3.63) is 30.1 Å².